The number of carbonyl (C=O) groups excluding carboxylic acids is 2. The van der Waals surface area contributed by atoms with Crippen molar-refractivity contribution in [3.63, 3.8) is 0 Å². The number of allylic oxidation sites excluding steroid dienone is 1. The summed E-state index contributed by atoms with van der Waals surface area (Å²) in [5, 5.41) is 6.69. The van der Waals surface area contributed by atoms with Crippen LogP contribution in [-0.2, 0) is 14.3 Å². The van der Waals surface area contributed by atoms with Crippen LogP contribution >= 0.6 is 11.8 Å². The van der Waals surface area contributed by atoms with Crippen LogP contribution in [0.5, 0.6) is 0 Å². The highest BCUT2D eigenvalue weighted by atomic mass is 32.2. The number of aryl methyl sites for hydroxylation is 1. The Kier molecular flexibility index (Phi) is 8.16. The number of ether oxygens (including phenoxy) is 1. The van der Waals surface area contributed by atoms with Crippen LogP contribution in [0.15, 0.2) is 64.8 Å². The smallest absolute Gasteiger partial charge is 0.338 e. The Hall–Kier alpha value is -3.26. The highest BCUT2D eigenvalue weighted by Crippen LogP contribution is 2.33. The van der Waals surface area contributed by atoms with E-state index in [0.29, 0.717) is 16.4 Å². The predicted molar refractivity (Wildman–Crippen MR) is 136 cm³/mol. The fraction of sp³-hybridized carbons (Fsp3) is 0.320. The number of thioether (sulfide) groups is 1. The summed E-state index contributed by atoms with van der Waals surface area (Å²) in [5.74, 6) is -0.327. The minimum atomic E-state index is -0.511. The number of hydrogen-bond donors (Lipinski definition) is 2. The van der Waals surface area contributed by atoms with Gasteiger partial charge in [0, 0.05) is 31.2 Å². The van der Waals surface area contributed by atoms with E-state index in [1.807, 2.05) is 81.4 Å². The fourth-order valence-corrected chi connectivity index (χ4v) is 4.17. The number of para-hydroxylation sites is 1. The predicted octanol–water partition coefficient (Wildman–Crippen LogP) is 4.27. The van der Waals surface area contributed by atoms with Crippen LogP contribution < -0.4 is 15.5 Å². The van der Waals surface area contributed by atoms with Crippen LogP contribution in [0.3, 0.4) is 0 Å². The quantitative estimate of drug-likeness (QED) is 0.593. The summed E-state index contributed by atoms with van der Waals surface area (Å²) in [7, 11) is 3.95. The van der Waals surface area contributed by atoms with Crippen molar-refractivity contribution < 1.29 is 14.3 Å². The second-order valence-corrected chi connectivity index (χ2v) is 8.82. The zero-order chi connectivity index (χ0) is 24.0. The molecule has 1 aliphatic heterocycles. The molecule has 0 bridgehead atoms. The highest BCUT2D eigenvalue weighted by Gasteiger charge is 2.30. The lowest BCUT2D eigenvalue weighted by Gasteiger charge is -2.26. The van der Waals surface area contributed by atoms with Crippen LogP contribution in [0.1, 0.15) is 31.0 Å². The van der Waals surface area contributed by atoms with Gasteiger partial charge in [0.15, 0.2) is 5.17 Å². The molecule has 174 valence electrons. The molecule has 1 atom stereocenters. The molecule has 0 aliphatic carbocycles. The van der Waals surface area contributed by atoms with Crippen molar-refractivity contribution in [3.8, 4) is 0 Å². The Balaban J connectivity index is 1.79. The summed E-state index contributed by atoms with van der Waals surface area (Å²) < 4.78 is 5.29. The van der Waals surface area contributed by atoms with Gasteiger partial charge in [-0.2, -0.15) is 0 Å². The molecule has 8 heteroatoms. The Morgan fingerprint density at radius 3 is 2.45 bits per heavy atom. The fourth-order valence-electron chi connectivity index (χ4n) is 3.42. The number of hydrogen-bond acceptors (Lipinski definition) is 7. The van der Waals surface area contributed by atoms with Crippen LogP contribution in [-0.4, -0.2) is 43.5 Å². The first-order valence-electron chi connectivity index (χ1n) is 10.8. The third-order valence-electron chi connectivity index (χ3n) is 5.20. The molecule has 0 saturated heterocycles. The van der Waals surface area contributed by atoms with Crippen molar-refractivity contribution in [3.05, 3.63) is 70.9 Å². The third kappa shape index (κ3) is 6.16. The first kappa shape index (κ1) is 24.4. The van der Waals surface area contributed by atoms with E-state index >= 15 is 0 Å². The summed E-state index contributed by atoms with van der Waals surface area (Å²) in [5.41, 5.74) is 4.88. The second kappa shape index (κ2) is 11.0. The number of rotatable bonds is 7. The monoisotopic (exact) mass is 466 g/mol. The molecule has 33 heavy (non-hydrogen) atoms. The summed E-state index contributed by atoms with van der Waals surface area (Å²) >= 11 is 1.30. The first-order chi connectivity index (χ1) is 15.8. The Morgan fingerprint density at radius 2 is 1.82 bits per heavy atom. The van der Waals surface area contributed by atoms with Gasteiger partial charge in [-0.15, -0.1) is 0 Å². The van der Waals surface area contributed by atoms with E-state index in [-0.39, 0.29) is 18.3 Å². The first-order valence-corrected chi connectivity index (χ1v) is 11.8. The summed E-state index contributed by atoms with van der Waals surface area (Å²) in [6, 6.07) is 15.1. The topological polar surface area (TPSA) is 83.0 Å². The standard InChI is InChI=1S/C25H30N4O3S/c1-6-32-24(31)22-17(3)26-25(28-23(22)18-11-13-19(14-12-18)29(4)5)33-15-21(30)27-20-10-8-7-9-16(20)2/h7-14,23H,6,15H2,1-5H3,(H,26,28)(H,27,30)/t23-/m1/s1. The molecular weight excluding hydrogens is 436 g/mol. The molecule has 1 amide bonds. The number of esters is 1. The van der Waals surface area contributed by atoms with E-state index in [4.69, 9.17) is 9.73 Å². The largest absolute Gasteiger partial charge is 0.463 e. The van der Waals surface area contributed by atoms with Crippen molar-refractivity contribution in [2.75, 3.05) is 36.7 Å². The maximum absolute atomic E-state index is 12.7. The van der Waals surface area contributed by atoms with E-state index in [1.54, 1.807) is 6.92 Å². The van der Waals surface area contributed by atoms with Crippen LogP contribution in [0.2, 0.25) is 0 Å². The van der Waals surface area contributed by atoms with Gasteiger partial charge in [0.05, 0.1) is 17.9 Å². The molecule has 1 aliphatic rings. The molecule has 0 aromatic heterocycles. The van der Waals surface area contributed by atoms with Crippen molar-refractivity contribution >= 4 is 40.2 Å². The third-order valence-corrected chi connectivity index (χ3v) is 6.09. The lowest BCUT2D eigenvalue weighted by molar-refractivity contribution is -0.139. The van der Waals surface area contributed by atoms with E-state index < -0.39 is 12.0 Å². The minimum Gasteiger partial charge on any atom is -0.463 e. The van der Waals surface area contributed by atoms with Crippen LogP contribution in [0, 0.1) is 6.92 Å². The lowest BCUT2D eigenvalue weighted by atomic mass is 9.96. The molecule has 3 rings (SSSR count). The normalized spacial score (nSPS) is 15.4. The van der Waals surface area contributed by atoms with Gasteiger partial charge in [-0.1, -0.05) is 42.1 Å². The maximum atomic E-state index is 12.7. The van der Waals surface area contributed by atoms with Gasteiger partial charge in [-0.25, -0.2) is 9.79 Å². The summed E-state index contributed by atoms with van der Waals surface area (Å²) in [6.07, 6.45) is 0. The molecule has 0 spiro atoms. The Labute approximate surface area is 199 Å². The van der Waals surface area contributed by atoms with Crippen LogP contribution in [0.25, 0.3) is 0 Å². The number of amides is 1. The van der Waals surface area contributed by atoms with Crippen LogP contribution in [0.4, 0.5) is 11.4 Å². The van der Waals surface area contributed by atoms with Crippen molar-refractivity contribution in [2.24, 2.45) is 4.99 Å². The van der Waals surface area contributed by atoms with Gasteiger partial charge in [0.25, 0.3) is 0 Å². The van der Waals surface area contributed by atoms with Crippen molar-refractivity contribution in [2.45, 2.75) is 26.8 Å². The van der Waals surface area contributed by atoms with E-state index in [9.17, 15) is 9.59 Å². The van der Waals surface area contributed by atoms with Gasteiger partial charge in [0.1, 0.15) is 6.04 Å². The van der Waals surface area contributed by atoms with Crippen molar-refractivity contribution in [1.29, 1.82) is 0 Å². The van der Waals surface area contributed by atoms with Crippen molar-refractivity contribution in [1.82, 2.24) is 5.32 Å². The van der Waals surface area contributed by atoms with Gasteiger partial charge >= 0.3 is 5.97 Å². The number of carbonyl (C=O) groups is 2. The summed E-state index contributed by atoms with van der Waals surface area (Å²) in [6.45, 7) is 5.84. The van der Waals surface area contributed by atoms with E-state index in [2.05, 4.69) is 10.6 Å². The number of nitrogens with one attached hydrogen (secondary N) is 2. The molecule has 0 unspecified atom stereocenters. The second-order valence-electron chi connectivity index (χ2n) is 7.86. The molecule has 2 N–H and O–H groups in total. The zero-order valence-electron chi connectivity index (χ0n) is 19.6. The van der Waals surface area contributed by atoms with Gasteiger partial charge < -0.3 is 20.3 Å². The van der Waals surface area contributed by atoms with Gasteiger partial charge in [0.2, 0.25) is 5.91 Å². The molecule has 2 aromatic rings. The SMILES string of the molecule is CCOC(=O)C1=C(C)NC(SCC(=O)Nc2ccccc2C)=N[C@@H]1c1ccc(N(C)C)cc1. The van der Waals surface area contributed by atoms with Gasteiger partial charge in [-0.3, -0.25) is 4.79 Å². The maximum Gasteiger partial charge on any atom is 0.338 e. The number of anilines is 2. The summed E-state index contributed by atoms with van der Waals surface area (Å²) in [4.78, 5) is 32.0. The Morgan fingerprint density at radius 1 is 1.12 bits per heavy atom. The Bertz CT molecular complexity index is 1080. The highest BCUT2D eigenvalue weighted by molar-refractivity contribution is 8.14. The molecule has 0 fully saturated rings. The van der Waals surface area contributed by atoms with Gasteiger partial charge in [-0.05, 0) is 50.1 Å². The molecule has 2 aromatic carbocycles. The molecule has 0 saturated carbocycles. The minimum absolute atomic E-state index is 0.122. The lowest BCUT2D eigenvalue weighted by Crippen LogP contribution is -2.31. The molecular formula is C25H30N4O3S. The number of nitrogens with zero attached hydrogens (tertiary/aromatic N) is 2. The molecule has 1 heterocycles. The van der Waals surface area contributed by atoms with E-state index in [0.717, 1.165) is 22.5 Å². The molecule has 7 nitrogen and oxygen atoms in total. The average Bonchev–Trinajstić information content (AvgIpc) is 2.79. The number of amidine groups is 1. The average molecular weight is 467 g/mol. The van der Waals surface area contributed by atoms with E-state index in [1.165, 1.54) is 11.8 Å². The number of aliphatic imine (C=N–C) groups is 1. The molecule has 0 radical (unpaired) electrons. The zero-order valence-corrected chi connectivity index (χ0v) is 20.5. The number of benzene rings is 2.